The summed E-state index contributed by atoms with van der Waals surface area (Å²) in [4.78, 5) is 12.8. The molecule has 0 saturated carbocycles. The molecular weight excluding hydrogens is 256 g/mol. The Bertz CT molecular complexity index is 408. The van der Waals surface area contributed by atoms with Crippen LogP contribution in [0.25, 0.3) is 0 Å². The standard InChI is InChI=1S/C14H24N4O2/c1-3-17(4-2)12-11-15-9-10-16-13-7-5-6-8-14(13)18(19)20/h5-8,15-16H,3-4,9-12H2,1-2H3. The minimum atomic E-state index is -0.365. The van der Waals surface area contributed by atoms with Crippen LogP contribution in [-0.4, -0.2) is 49.1 Å². The first-order valence-electron chi connectivity index (χ1n) is 7.09. The monoisotopic (exact) mass is 280 g/mol. The van der Waals surface area contributed by atoms with Crippen molar-refractivity contribution in [2.45, 2.75) is 13.8 Å². The molecule has 0 radical (unpaired) electrons. The zero-order chi connectivity index (χ0) is 14.8. The topological polar surface area (TPSA) is 70.4 Å². The van der Waals surface area contributed by atoms with Crippen LogP contribution >= 0.6 is 0 Å². The quantitative estimate of drug-likeness (QED) is 0.389. The summed E-state index contributed by atoms with van der Waals surface area (Å²) in [6.07, 6.45) is 0. The minimum Gasteiger partial charge on any atom is -0.378 e. The Balaban J connectivity index is 2.23. The molecule has 0 unspecified atom stereocenters. The Hall–Kier alpha value is -1.66. The second kappa shape index (κ2) is 9.28. The molecule has 2 N–H and O–H groups in total. The van der Waals surface area contributed by atoms with E-state index in [-0.39, 0.29) is 10.6 Å². The van der Waals surface area contributed by atoms with Gasteiger partial charge >= 0.3 is 0 Å². The number of benzene rings is 1. The Morgan fingerprint density at radius 3 is 2.50 bits per heavy atom. The lowest BCUT2D eigenvalue weighted by molar-refractivity contribution is -0.384. The van der Waals surface area contributed by atoms with Gasteiger partial charge in [-0.3, -0.25) is 10.1 Å². The number of nitro benzene ring substituents is 1. The summed E-state index contributed by atoms with van der Waals surface area (Å²) in [5.41, 5.74) is 0.693. The van der Waals surface area contributed by atoms with Gasteiger partial charge in [0.15, 0.2) is 0 Å². The van der Waals surface area contributed by atoms with Gasteiger partial charge in [-0.05, 0) is 19.2 Å². The van der Waals surface area contributed by atoms with E-state index in [1.807, 2.05) is 0 Å². The average Bonchev–Trinajstić information content (AvgIpc) is 2.47. The molecule has 0 aliphatic heterocycles. The largest absolute Gasteiger partial charge is 0.378 e. The highest BCUT2D eigenvalue weighted by Crippen LogP contribution is 2.22. The van der Waals surface area contributed by atoms with E-state index in [1.54, 1.807) is 18.2 Å². The number of likely N-dealkylation sites (N-methyl/N-ethyl adjacent to an activating group) is 1. The molecule has 1 aromatic carbocycles. The summed E-state index contributed by atoms with van der Waals surface area (Å²) in [5.74, 6) is 0. The number of nitrogens with one attached hydrogen (secondary N) is 2. The molecule has 0 atom stereocenters. The molecule has 0 spiro atoms. The van der Waals surface area contributed by atoms with Crippen LogP contribution in [0.4, 0.5) is 11.4 Å². The van der Waals surface area contributed by atoms with Gasteiger partial charge in [0.2, 0.25) is 0 Å². The SMILES string of the molecule is CCN(CC)CCNCCNc1ccccc1[N+](=O)[O-]. The molecule has 0 heterocycles. The second-order valence-electron chi connectivity index (χ2n) is 4.48. The lowest BCUT2D eigenvalue weighted by Gasteiger charge is -2.18. The first-order valence-corrected chi connectivity index (χ1v) is 7.09. The zero-order valence-corrected chi connectivity index (χ0v) is 12.3. The van der Waals surface area contributed by atoms with Gasteiger partial charge in [-0.25, -0.2) is 0 Å². The molecule has 20 heavy (non-hydrogen) atoms. The first kappa shape index (κ1) is 16.4. The molecule has 0 fully saturated rings. The van der Waals surface area contributed by atoms with Crippen molar-refractivity contribution in [2.24, 2.45) is 0 Å². The molecule has 0 aromatic heterocycles. The number of nitrogens with zero attached hydrogens (tertiary/aromatic N) is 2. The Labute approximate surface area is 120 Å². The van der Waals surface area contributed by atoms with Gasteiger partial charge in [-0.2, -0.15) is 0 Å². The van der Waals surface area contributed by atoms with Crippen molar-refractivity contribution in [2.75, 3.05) is 44.6 Å². The lowest BCUT2D eigenvalue weighted by atomic mass is 10.2. The van der Waals surface area contributed by atoms with Crippen molar-refractivity contribution in [3.8, 4) is 0 Å². The molecule has 0 aliphatic rings. The number of anilines is 1. The predicted molar refractivity (Wildman–Crippen MR) is 82.2 cm³/mol. The maximum atomic E-state index is 10.8. The van der Waals surface area contributed by atoms with Gasteiger partial charge in [-0.1, -0.05) is 26.0 Å². The van der Waals surface area contributed by atoms with E-state index in [9.17, 15) is 10.1 Å². The first-order chi connectivity index (χ1) is 9.69. The van der Waals surface area contributed by atoms with Gasteiger partial charge in [-0.15, -0.1) is 0 Å². The van der Waals surface area contributed by atoms with Crippen LogP contribution in [0.3, 0.4) is 0 Å². The fourth-order valence-electron chi connectivity index (χ4n) is 1.97. The summed E-state index contributed by atoms with van der Waals surface area (Å²) < 4.78 is 0. The number of rotatable bonds is 10. The fraction of sp³-hybridized carbons (Fsp3) is 0.571. The van der Waals surface area contributed by atoms with Crippen molar-refractivity contribution < 1.29 is 4.92 Å². The van der Waals surface area contributed by atoms with E-state index < -0.39 is 0 Å². The molecule has 0 bridgehead atoms. The van der Waals surface area contributed by atoms with E-state index in [2.05, 4.69) is 29.4 Å². The summed E-state index contributed by atoms with van der Waals surface area (Å²) in [6, 6.07) is 6.71. The molecule has 1 aromatic rings. The van der Waals surface area contributed by atoms with Gasteiger partial charge in [0.05, 0.1) is 4.92 Å². The molecule has 112 valence electrons. The maximum Gasteiger partial charge on any atom is 0.292 e. The fourth-order valence-corrected chi connectivity index (χ4v) is 1.97. The third kappa shape index (κ3) is 5.54. The summed E-state index contributed by atoms with van der Waals surface area (Å²) >= 11 is 0. The van der Waals surface area contributed by atoms with Crippen LogP contribution in [0, 0.1) is 10.1 Å². The normalized spacial score (nSPS) is 10.8. The van der Waals surface area contributed by atoms with E-state index in [0.29, 0.717) is 12.2 Å². The maximum absolute atomic E-state index is 10.8. The van der Waals surface area contributed by atoms with Crippen molar-refractivity contribution in [3.05, 3.63) is 34.4 Å². The molecule has 0 saturated heterocycles. The number of hydrogen-bond donors (Lipinski definition) is 2. The van der Waals surface area contributed by atoms with E-state index in [4.69, 9.17) is 0 Å². The van der Waals surface area contributed by atoms with E-state index in [1.165, 1.54) is 6.07 Å². The highest BCUT2D eigenvalue weighted by molar-refractivity contribution is 5.60. The number of para-hydroxylation sites is 2. The highest BCUT2D eigenvalue weighted by atomic mass is 16.6. The predicted octanol–water partition coefficient (Wildman–Crippen LogP) is 1.94. The lowest BCUT2D eigenvalue weighted by Crippen LogP contribution is -2.33. The molecule has 6 nitrogen and oxygen atoms in total. The van der Waals surface area contributed by atoms with Crippen molar-refractivity contribution in [1.29, 1.82) is 0 Å². The Morgan fingerprint density at radius 2 is 1.85 bits per heavy atom. The second-order valence-corrected chi connectivity index (χ2v) is 4.48. The molecular formula is C14H24N4O2. The van der Waals surface area contributed by atoms with Crippen LogP contribution < -0.4 is 10.6 Å². The van der Waals surface area contributed by atoms with E-state index in [0.717, 1.165) is 32.7 Å². The van der Waals surface area contributed by atoms with Crippen LogP contribution in [-0.2, 0) is 0 Å². The Kier molecular flexibility index (Phi) is 7.60. The van der Waals surface area contributed by atoms with Crippen LogP contribution in [0.1, 0.15) is 13.8 Å². The minimum absolute atomic E-state index is 0.121. The molecule has 0 amide bonds. The van der Waals surface area contributed by atoms with Crippen molar-refractivity contribution in [1.82, 2.24) is 10.2 Å². The van der Waals surface area contributed by atoms with Gasteiger partial charge in [0.1, 0.15) is 5.69 Å². The Morgan fingerprint density at radius 1 is 1.15 bits per heavy atom. The average molecular weight is 280 g/mol. The third-order valence-corrected chi connectivity index (χ3v) is 3.22. The van der Waals surface area contributed by atoms with Crippen LogP contribution in [0.2, 0.25) is 0 Å². The highest BCUT2D eigenvalue weighted by Gasteiger charge is 2.10. The van der Waals surface area contributed by atoms with E-state index >= 15 is 0 Å². The smallest absolute Gasteiger partial charge is 0.292 e. The van der Waals surface area contributed by atoms with Gasteiger partial charge in [0.25, 0.3) is 5.69 Å². The molecule has 1 rings (SSSR count). The van der Waals surface area contributed by atoms with Crippen LogP contribution in [0.15, 0.2) is 24.3 Å². The zero-order valence-electron chi connectivity index (χ0n) is 12.3. The molecule has 0 aliphatic carbocycles. The van der Waals surface area contributed by atoms with Gasteiger partial charge < -0.3 is 15.5 Å². The summed E-state index contributed by atoms with van der Waals surface area (Å²) in [5, 5.41) is 17.3. The summed E-state index contributed by atoms with van der Waals surface area (Å²) in [7, 11) is 0. The van der Waals surface area contributed by atoms with Crippen molar-refractivity contribution in [3.63, 3.8) is 0 Å². The third-order valence-electron chi connectivity index (χ3n) is 3.22. The number of hydrogen-bond acceptors (Lipinski definition) is 5. The van der Waals surface area contributed by atoms with Crippen LogP contribution in [0.5, 0.6) is 0 Å². The molecule has 6 heteroatoms. The number of nitro groups is 1. The van der Waals surface area contributed by atoms with Crippen molar-refractivity contribution >= 4 is 11.4 Å². The van der Waals surface area contributed by atoms with Gasteiger partial charge in [0, 0.05) is 32.2 Å². The summed E-state index contributed by atoms with van der Waals surface area (Å²) in [6.45, 7) is 9.84.